The third-order valence-corrected chi connectivity index (χ3v) is 3.62. The maximum Gasteiger partial charge on any atom is 0.0596 e. The summed E-state index contributed by atoms with van der Waals surface area (Å²) in [6, 6.07) is 2.67. The monoisotopic (exact) mass is 251 g/mol. The molecule has 1 N–H and O–H groups in total. The summed E-state index contributed by atoms with van der Waals surface area (Å²) in [5.41, 5.74) is 2.40. The fraction of sp³-hybridized carbons (Fsp3) is 0.786. The lowest BCUT2D eigenvalue weighted by Crippen LogP contribution is -2.34. The van der Waals surface area contributed by atoms with Crippen molar-refractivity contribution in [1.82, 2.24) is 15.1 Å². The molecule has 1 aliphatic heterocycles. The molecule has 0 aromatic carbocycles. The van der Waals surface area contributed by atoms with E-state index in [4.69, 9.17) is 4.74 Å². The standard InChI is InChI=1S/C14H25N3O/c1-4-15-12(10-14-6-5-7-18-14)9-13-8-11(2)16-17(13)3/h8,12,14-15H,4-7,9-10H2,1-3H3. The van der Waals surface area contributed by atoms with E-state index in [0.717, 1.165) is 31.7 Å². The van der Waals surface area contributed by atoms with Crippen LogP contribution in [0.4, 0.5) is 0 Å². The second-order valence-corrected chi connectivity index (χ2v) is 5.23. The van der Waals surface area contributed by atoms with E-state index in [-0.39, 0.29) is 0 Å². The summed E-state index contributed by atoms with van der Waals surface area (Å²) >= 11 is 0. The minimum absolute atomic E-state index is 0.448. The number of rotatable bonds is 6. The Labute approximate surface area is 110 Å². The van der Waals surface area contributed by atoms with Crippen molar-refractivity contribution in [3.05, 3.63) is 17.5 Å². The molecular formula is C14H25N3O. The van der Waals surface area contributed by atoms with Gasteiger partial charge in [0.15, 0.2) is 0 Å². The van der Waals surface area contributed by atoms with Crippen LogP contribution in [0.5, 0.6) is 0 Å². The van der Waals surface area contributed by atoms with Crippen molar-refractivity contribution in [2.75, 3.05) is 13.2 Å². The molecule has 1 fully saturated rings. The fourth-order valence-corrected chi connectivity index (χ4v) is 2.78. The smallest absolute Gasteiger partial charge is 0.0596 e. The minimum Gasteiger partial charge on any atom is -0.378 e. The molecule has 18 heavy (non-hydrogen) atoms. The molecule has 2 unspecified atom stereocenters. The van der Waals surface area contributed by atoms with Gasteiger partial charge in [0.1, 0.15) is 0 Å². The molecule has 102 valence electrons. The lowest BCUT2D eigenvalue weighted by atomic mass is 10.0. The molecule has 0 aliphatic carbocycles. The summed E-state index contributed by atoms with van der Waals surface area (Å²) < 4.78 is 7.74. The molecule has 4 heteroatoms. The number of hydrogen-bond acceptors (Lipinski definition) is 3. The predicted octanol–water partition coefficient (Wildman–Crippen LogP) is 1.82. The molecule has 1 aromatic rings. The average Bonchev–Trinajstić information content (AvgIpc) is 2.90. The summed E-state index contributed by atoms with van der Waals surface area (Å²) in [4.78, 5) is 0. The first-order valence-corrected chi connectivity index (χ1v) is 7.03. The van der Waals surface area contributed by atoms with Gasteiger partial charge in [0, 0.05) is 31.8 Å². The molecule has 2 heterocycles. The Morgan fingerprint density at radius 1 is 1.61 bits per heavy atom. The van der Waals surface area contributed by atoms with Crippen LogP contribution < -0.4 is 5.32 Å². The molecule has 1 aliphatic rings. The van der Waals surface area contributed by atoms with Crippen molar-refractivity contribution in [2.45, 2.75) is 51.7 Å². The summed E-state index contributed by atoms with van der Waals surface area (Å²) in [5, 5.41) is 7.99. The Morgan fingerprint density at radius 2 is 2.44 bits per heavy atom. The van der Waals surface area contributed by atoms with E-state index in [2.05, 4.69) is 23.4 Å². The topological polar surface area (TPSA) is 39.1 Å². The van der Waals surface area contributed by atoms with Crippen LogP contribution in [0.2, 0.25) is 0 Å². The summed E-state index contributed by atoms with van der Waals surface area (Å²) in [6.07, 6.45) is 5.02. The number of ether oxygens (including phenoxy) is 1. The molecule has 2 atom stereocenters. The number of aryl methyl sites for hydroxylation is 2. The van der Waals surface area contributed by atoms with Gasteiger partial charge in [-0.2, -0.15) is 5.10 Å². The minimum atomic E-state index is 0.448. The molecule has 0 amide bonds. The van der Waals surface area contributed by atoms with E-state index in [1.54, 1.807) is 0 Å². The first kappa shape index (κ1) is 13.6. The normalized spacial score (nSPS) is 21.4. The number of nitrogens with zero attached hydrogens (tertiary/aromatic N) is 2. The number of nitrogens with one attached hydrogen (secondary N) is 1. The lowest BCUT2D eigenvalue weighted by Gasteiger charge is -2.21. The van der Waals surface area contributed by atoms with Crippen molar-refractivity contribution in [1.29, 1.82) is 0 Å². The van der Waals surface area contributed by atoms with Crippen LogP contribution in [0.3, 0.4) is 0 Å². The number of likely N-dealkylation sites (N-methyl/N-ethyl adjacent to an activating group) is 1. The van der Waals surface area contributed by atoms with Gasteiger partial charge in [-0.25, -0.2) is 0 Å². The Balaban J connectivity index is 1.94. The summed E-state index contributed by atoms with van der Waals surface area (Å²) in [6.45, 7) is 6.16. The quantitative estimate of drug-likeness (QED) is 0.838. The molecule has 2 rings (SSSR count). The van der Waals surface area contributed by atoms with Crippen LogP contribution in [0.25, 0.3) is 0 Å². The third kappa shape index (κ3) is 3.56. The largest absolute Gasteiger partial charge is 0.378 e. The van der Waals surface area contributed by atoms with E-state index in [0.29, 0.717) is 12.1 Å². The summed E-state index contributed by atoms with van der Waals surface area (Å²) in [5.74, 6) is 0. The van der Waals surface area contributed by atoms with Gasteiger partial charge in [0.05, 0.1) is 11.8 Å². The van der Waals surface area contributed by atoms with E-state index >= 15 is 0 Å². The van der Waals surface area contributed by atoms with Crippen LogP contribution in [0, 0.1) is 6.92 Å². The highest BCUT2D eigenvalue weighted by Gasteiger charge is 2.21. The molecule has 0 radical (unpaired) electrons. The molecule has 4 nitrogen and oxygen atoms in total. The summed E-state index contributed by atoms with van der Waals surface area (Å²) in [7, 11) is 2.03. The van der Waals surface area contributed by atoms with Crippen LogP contribution in [-0.4, -0.2) is 35.1 Å². The van der Waals surface area contributed by atoms with Gasteiger partial charge in [0.2, 0.25) is 0 Å². The number of hydrogen-bond donors (Lipinski definition) is 1. The molecule has 0 bridgehead atoms. The fourth-order valence-electron chi connectivity index (χ4n) is 2.78. The Bertz CT molecular complexity index is 369. The van der Waals surface area contributed by atoms with Crippen molar-refractivity contribution >= 4 is 0 Å². The van der Waals surface area contributed by atoms with Gasteiger partial charge in [-0.3, -0.25) is 4.68 Å². The molecule has 0 saturated carbocycles. The molecule has 1 aromatic heterocycles. The van der Waals surface area contributed by atoms with Crippen molar-refractivity contribution in [3.63, 3.8) is 0 Å². The van der Waals surface area contributed by atoms with E-state index in [9.17, 15) is 0 Å². The Kier molecular flexibility index (Phi) is 4.78. The first-order valence-electron chi connectivity index (χ1n) is 7.03. The zero-order valence-electron chi connectivity index (χ0n) is 11.8. The zero-order valence-corrected chi connectivity index (χ0v) is 11.8. The van der Waals surface area contributed by atoms with Crippen LogP contribution >= 0.6 is 0 Å². The van der Waals surface area contributed by atoms with E-state index < -0.39 is 0 Å². The third-order valence-electron chi connectivity index (χ3n) is 3.62. The highest BCUT2D eigenvalue weighted by molar-refractivity contribution is 5.10. The molecule has 1 saturated heterocycles. The van der Waals surface area contributed by atoms with Gasteiger partial charge in [0.25, 0.3) is 0 Å². The molecular weight excluding hydrogens is 226 g/mol. The highest BCUT2D eigenvalue weighted by Crippen LogP contribution is 2.19. The first-order chi connectivity index (χ1) is 8.69. The van der Waals surface area contributed by atoms with Gasteiger partial charge in [-0.1, -0.05) is 6.92 Å². The Hall–Kier alpha value is -0.870. The van der Waals surface area contributed by atoms with Crippen molar-refractivity contribution < 1.29 is 4.74 Å². The SMILES string of the molecule is CCNC(Cc1cc(C)nn1C)CC1CCCO1. The zero-order chi connectivity index (χ0) is 13.0. The van der Waals surface area contributed by atoms with Crippen molar-refractivity contribution in [2.24, 2.45) is 7.05 Å². The van der Waals surface area contributed by atoms with Crippen molar-refractivity contribution in [3.8, 4) is 0 Å². The predicted molar refractivity (Wildman–Crippen MR) is 72.7 cm³/mol. The highest BCUT2D eigenvalue weighted by atomic mass is 16.5. The van der Waals surface area contributed by atoms with Gasteiger partial charge < -0.3 is 10.1 Å². The maximum atomic E-state index is 5.74. The Morgan fingerprint density at radius 3 is 3.00 bits per heavy atom. The van der Waals surface area contributed by atoms with Crippen LogP contribution in [0.15, 0.2) is 6.07 Å². The van der Waals surface area contributed by atoms with Gasteiger partial charge in [-0.05, 0) is 38.8 Å². The van der Waals surface area contributed by atoms with E-state index in [1.807, 2.05) is 18.7 Å². The maximum absolute atomic E-state index is 5.74. The number of aromatic nitrogens is 2. The second-order valence-electron chi connectivity index (χ2n) is 5.23. The molecule has 0 spiro atoms. The lowest BCUT2D eigenvalue weighted by molar-refractivity contribution is 0.0946. The average molecular weight is 251 g/mol. The van der Waals surface area contributed by atoms with Gasteiger partial charge in [-0.15, -0.1) is 0 Å². The van der Waals surface area contributed by atoms with Crippen LogP contribution in [-0.2, 0) is 18.2 Å². The van der Waals surface area contributed by atoms with Gasteiger partial charge >= 0.3 is 0 Å². The van der Waals surface area contributed by atoms with E-state index in [1.165, 1.54) is 18.5 Å². The second kappa shape index (κ2) is 6.34. The van der Waals surface area contributed by atoms with Crippen LogP contribution in [0.1, 0.15) is 37.6 Å².